The first kappa shape index (κ1) is 14.3. The molecule has 0 radical (unpaired) electrons. The minimum atomic E-state index is -0.923. The van der Waals surface area contributed by atoms with E-state index in [1.54, 1.807) is 12.1 Å². The van der Waals surface area contributed by atoms with E-state index in [-0.39, 0.29) is 5.56 Å². The molecule has 0 spiro atoms. The summed E-state index contributed by atoms with van der Waals surface area (Å²) in [6.45, 7) is 0. The maximum absolute atomic E-state index is 13.9. The van der Waals surface area contributed by atoms with Crippen LogP contribution in [0.15, 0.2) is 54.6 Å². The van der Waals surface area contributed by atoms with Gasteiger partial charge < -0.3 is 0 Å². The van der Waals surface area contributed by atoms with Crippen molar-refractivity contribution in [2.24, 2.45) is 0 Å². The van der Waals surface area contributed by atoms with Gasteiger partial charge in [0.2, 0.25) is 0 Å². The van der Waals surface area contributed by atoms with E-state index in [1.807, 2.05) is 24.3 Å². The third-order valence-electron chi connectivity index (χ3n) is 3.43. The minimum absolute atomic E-state index is 0.147. The smallest absolute Gasteiger partial charge is 0.131 e. The van der Waals surface area contributed by atoms with E-state index in [4.69, 9.17) is 23.2 Å². The fourth-order valence-corrected chi connectivity index (χ4v) is 3.04. The largest absolute Gasteiger partial charge is 0.207 e. The van der Waals surface area contributed by atoms with Crippen molar-refractivity contribution >= 4 is 34.0 Å². The Morgan fingerprint density at radius 1 is 0.762 bits per heavy atom. The van der Waals surface area contributed by atoms with Crippen LogP contribution in [0, 0.1) is 11.6 Å². The monoisotopic (exact) mass is 322 g/mol. The van der Waals surface area contributed by atoms with Crippen LogP contribution in [0.2, 0.25) is 5.02 Å². The van der Waals surface area contributed by atoms with Crippen molar-refractivity contribution in [1.82, 2.24) is 0 Å². The SMILES string of the molecule is Fc1cccc(F)c1C(Cl)c1ccc(Cl)c2ccccc12. The van der Waals surface area contributed by atoms with Gasteiger partial charge in [0.05, 0.1) is 5.38 Å². The van der Waals surface area contributed by atoms with Gasteiger partial charge >= 0.3 is 0 Å². The van der Waals surface area contributed by atoms with Crippen molar-refractivity contribution in [3.63, 3.8) is 0 Å². The lowest BCUT2D eigenvalue weighted by Gasteiger charge is -2.15. The second-order valence-electron chi connectivity index (χ2n) is 4.68. The number of hydrogen-bond acceptors (Lipinski definition) is 0. The van der Waals surface area contributed by atoms with Crippen LogP contribution >= 0.6 is 23.2 Å². The summed E-state index contributed by atoms with van der Waals surface area (Å²) in [5.74, 6) is -1.32. The van der Waals surface area contributed by atoms with Gasteiger partial charge in [-0.25, -0.2) is 8.78 Å². The summed E-state index contributed by atoms with van der Waals surface area (Å²) in [6, 6.07) is 14.5. The molecular weight excluding hydrogens is 313 g/mol. The van der Waals surface area contributed by atoms with Crippen LogP contribution in [-0.2, 0) is 0 Å². The third-order valence-corrected chi connectivity index (χ3v) is 4.21. The van der Waals surface area contributed by atoms with Gasteiger partial charge in [-0.2, -0.15) is 0 Å². The number of fused-ring (bicyclic) bond motifs is 1. The minimum Gasteiger partial charge on any atom is -0.207 e. The molecule has 3 aromatic rings. The average Bonchev–Trinajstić information content (AvgIpc) is 2.47. The maximum atomic E-state index is 13.9. The van der Waals surface area contributed by atoms with Crippen molar-refractivity contribution < 1.29 is 8.78 Å². The highest BCUT2D eigenvalue weighted by Gasteiger charge is 2.21. The fraction of sp³-hybridized carbons (Fsp3) is 0.0588. The van der Waals surface area contributed by atoms with E-state index in [1.165, 1.54) is 18.2 Å². The summed E-state index contributed by atoms with van der Waals surface area (Å²) in [5, 5.41) is 1.24. The Bertz CT molecular complexity index is 795. The Balaban J connectivity index is 2.23. The molecule has 0 saturated carbocycles. The Hall–Kier alpha value is -1.64. The maximum Gasteiger partial charge on any atom is 0.131 e. The highest BCUT2D eigenvalue weighted by molar-refractivity contribution is 6.36. The second kappa shape index (κ2) is 5.63. The normalized spacial score (nSPS) is 12.6. The Morgan fingerprint density at radius 3 is 2.05 bits per heavy atom. The standard InChI is InChI=1S/C17H10Cl2F2/c18-13-9-8-12(10-4-1-2-5-11(10)13)17(19)16-14(20)6-3-7-15(16)21/h1-9,17H. The van der Waals surface area contributed by atoms with E-state index in [0.29, 0.717) is 10.6 Å². The Labute approximate surface area is 130 Å². The molecule has 0 aliphatic heterocycles. The topological polar surface area (TPSA) is 0 Å². The molecule has 3 rings (SSSR count). The second-order valence-corrected chi connectivity index (χ2v) is 5.52. The zero-order chi connectivity index (χ0) is 15.0. The summed E-state index contributed by atoms with van der Waals surface area (Å²) in [4.78, 5) is 0. The number of rotatable bonds is 2. The summed E-state index contributed by atoms with van der Waals surface area (Å²) in [6.07, 6.45) is 0. The molecule has 0 amide bonds. The van der Waals surface area contributed by atoms with Gasteiger partial charge in [-0.1, -0.05) is 48.0 Å². The van der Waals surface area contributed by atoms with Crippen molar-refractivity contribution in [3.05, 3.63) is 82.4 Å². The molecule has 1 atom stereocenters. The molecule has 0 aliphatic carbocycles. The van der Waals surface area contributed by atoms with Gasteiger partial charge in [0.1, 0.15) is 11.6 Å². The van der Waals surface area contributed by atoms with E-state index >= 15 is 0 Å². The van der Waals surface area contributed by atoms with Crippen molar-refractivity contribution in [3.8, 4) is 0 Å². The molecule has 0 heterocycles. The van der Waals surface area contributed by atoms with Crippen LogP contribution in [0.1, 0.15) is 16.5 Å². The lowest BCUT2D eigenvalue weighted by molar-refractivity contribution is 0.559. The zero-order valence-corrected chi connectivity index (χ0v) is 12.3. The van der Waals surface area contributed by atoms with Crippen molar-refractivity contribution in [2.45, 2.75) is 5.38 Å². The first-order chi connectivity index (χ1) is 10.1. The van der Waals surface area contributed by atoms with E-state index < -0.39 is 17.0 Å². The van der Waals surface area contributed by atoms with E-state index in [9.17, 15) is 8.78 Å². The molecular formula is C17H10Cl2F2. The first-order valence-corrected chi connectivity index (χ1v) is 7.16. The van der Waals surface area contributed by atoms with Gasteiger partial charge in [0.25, 0.3) is 0 Å². The Kier molecular flexibility index (Phi) is 3.83. The predicted molar refractivity (Wildman–Crippen MR) is 83.0 cm³/mol. The van der Waals surface area contributed by atoms with Crippen LogP contribution in [0.4, 0.5) is 8.78 Å². The van der Waals surface area contributed by atoms with Gasteiger partial charge in [-0.05, 0) is 29.1 Å². The van der Waals surface area contributed by atoms with E-state index in [2.05, 4.69) is 0 Å². The van der Waals surface area contributed by atoms with Crippen LogP contribution in [0.5, 0.6) is 0 Å². The van der Waals surface area contributed by atoms with Crippen molar-refractivity contribution in [1.29, 1.82) is 0 Å². The molecule has 0 aromatic heterocycles. The molecule has 106 valence electrons. The van der Waals surface area contributed by atoms with Crippen LogP contribution in [-0.4, -0.2) is 0 Å². The van der Waals surface area contributed by atoms with Gasteiger partial charge in [-0.3, -0.25) is 0 Å². The summed E-state index contributed by atoms with van der Waals surface area (Å²) < 4.78 is 27.8. The number of benzene rings is 3. The van der Waals surface area contributed by atoms with Crippen LogP contribution in [0.25, 0.3) is 10.8 Å². The number of halogens is 4. The summed E-state index contributed by atoms with van der Waals surface area (Å²) >= 11 is 12.5. The fourth-order valence-electron chi connectivity index (χ4n) is 2.41. The highest BCUT2D eigenvalue weighted by atomic mass is 35.5. The third kappa shape index (κ3) is 2.50. The molecule has 1 unspecified atom stereocenters. The van der Waals surface area contributed by atoms with Gasteiger partial charge in [-0.15, -0.1) is 11.6 Å². The lowest BCUT2D eigenvalue weighted by Crippen LogP contribution is -2.01. The quantitative estimate of drug-likeness (QED) is 0.500. The van der Waals surface area contributed by atoms with E-state index in [0.717, 1.165) is 10.8 Å². The molecule has 0 fully saturated rings. The first-order valence-electron chi connectivity index (χ1n) is 6.34. The van der Waals surface area contributed by atoms with Crippen LogP contribution in [0.3, 0.4) is 0 Å². The Morgan fingerprint density at radius 2 is 1.38 bits per heavy atom. The van der Waals surface area contributed by atoms with Gasteiger partial charge in [0.15, 0.2) is 0 Å². The van der Waals surface area contributed by atoms with Crippen LogP contribution < -0.4 is 0 Å². The van der Waals surface area contributed by atoms with Crippen molar-refractivity contribution in [2.75, 3.05) is 0 Å². The predicted octanol–water partition coefficient (Wildman–Crippen LogP) is 6.10. The molecule has 3 aromatic carbocycles. The molecule has 4 heteroatoms. The summed E-state index contributed by atoms with van der Waals surface area (Å²) in [7, 11) is 0. The lowest BCUT2D eigenvalue weighted by atomic mass is 9.97. The number of alkyl halides is 1. The average molecular weight is 323 g/mol. The number of hydrogen-bond donors (Lipinski definition) is 0. The zero-order valence-electron chi connectivity index (χ0n) is 10.8. The highest BCUT2D eigenvalue weighted by Crippen LogP contribution is 2.38. The molecule has 0 aliphatic rings. The van der Waals surface area contributed by atoms with Gasteiger partial charge in [0, 0.05) is 16.0 Å². The molecule has 0 nitrogen and oxygen atoms in total. The molecule has 0 saturated heterocycles. The molecule has 0 bridgehead atoms. The summed E-state index contributed by atoms with van der Waals surface area (Å²) in [5.41, 5.74) is 0.479. The molecule has 0 N–H and O–H groups in total. The molecule has 21 heavy (non-hydrogen) atoms.